The molecule has 0 radical (unpaired) electrons. The molecule has 23 heavy (non-hydrogen) atoms. The maximum absolute atomic E-state index is 13.3. The summed E-state index contributed by atoms with van der Waals surface area (Å²) in [6, 6.07) is 4.65. The molecule has 4 bridgehead atoms. The molecule has 0 spiro atoms. The number of nitrogens with zero attached hydrogens (tertiary/aromatic N) is 1. The van der Waals surface area contributed by atoms with Crippen molar-refractivity contribution in [2.24, 2.45) is 17.8 Å². The maximum Gasteiger partial charge on any atom is 0.173 e. The maximum atomic E-state index is 13.3. The van der Waals surface area contributed by atoms with E-state index in [1.54, 1.807) is 12.1 Å². The van der Waals surface area contributed by atoms with Gasteiger partial charge >= 0.3 is 0 Å². The lowest BCUT2D eigenvalue weighted by atomic mass is 9.52. The molecule has 0 aliphatic heterocycles. The molecule has 0 amide bonds. The van der Waals surface area contributed by atoms with E-state index in [0.29, 0.717) is 0 Å². The Bertz CT molecular complexity index is 613. The van der Waals surface area contributed by atoms with E-state index < -0.39 is 5.82 Å². The number of thiocarbonyl (C=S) groups is 1. The molecular formula is C18H22ClFN2S. The molecule has 0 atom stereocenters. The van der Waals surface area contributed by atoms with Gasteiger partial charge < -0.3 is 10.2 Å². The van der Waals surface area contributed by atoms with Gasteiger partial charge in [0.05, 0.1) is 5.02 Å². The van der Waals surface area contributed by atoms with Gasteiger partial charge in [-0.3, -0.25) is 0 Å². The smallest absolute Gasteiger partial charge is 0.173 e. The third-order valence-corrected chi connectivity index (χ3v) is 6.86. The Labute approximate surface area is 147 Å². The molecule has 0 aromatic heterocycles. The van der Waals surface area contributed by atoms with Gasteiger partial charge in [0.25, 0.3) is 0 Å². The van der Waals surface area contributed by atoms with Crippen LogP contribution in [0.25, 0.3) is 0 Å². The van der Waals surface area contributed by atoms with Gasteiger partial charge in [-0.15, -0.1) is 0 Å². The van der Waals surface area contributed by atoms with Crippen LogP contribution < -0.4 is 5.32 Å². The fourth-order valence-electron chi connectivity index (χ4n) is 5.47. The van der Waals surface area contributed by atoms with Gasteiger partial charge in [0.1, 0.15) is 5.82 Å². The number of rotatable bonds is 2. The van der Waals surface area contributed by atoms with Crippen molar-refractivity contribution in [3.05, 3.63) is 29.0 Å². The number of nitrogens with one attached hydrogen (secondary N) is 1. The highest BCUT2D eigenvalue weighted by molar-refractivity contribution is 7.80. The largest absolute Gasteiger partial charge is 0.346 e. The van der Waals surface area contributed by atoms with Crippen molar-refractivity contribution >= 4 is 34.6 Å². The van der Waals surface area contributed by atoms with Crippen LogP contribution in [0.2, 0.25) is 5.02 Å². The van der Waals surface area contributed by atoms with Gasteiger partial charge in [-0.25, -0.2) is 4.39 Å². The number of benzene rings is 1. The van der Waals surface area contributed by atoms with Crippen molar-refractivity contribution in [1.29, 1.82) is 0 Å². The number of hydrogen-bond donors (Lipinski definition) is 1. The normalized spacial score (nSPS) is 34.5. The molecule has 4 fully saturated rings. The van der Waals surface area contributed by atoms with Crippen molar-refractivity contribution in [3.8, 4) is 0 Å². The lowest BCUT2D eigenvalue weighted by molar-refractivity contribution is -0.0538. The fourth-order valence-corrected chi connectivity index (χ4v) is 5.96. The molecule has 124 valence electrons. The van der Waals surface area contributed by atoms with E-state index in [1.807, 2.05) is 0 Å². The summed E-state index contributed by atoms with van der Waals surface area (Å²) in [7, 11) is 2.12. The molecule has 2 nitrogen and oxygen atoms in total. The summed E-state index contributed by atoms with van der Waals surface area (Å²) >= 11 is 11.5. The summed E-state index contributed by atoms with van der Waals surface area (Å²) in [4.78, 5) is 2.28. The zero-order valence-corrected chi connectivity index (χ0v) is 14.9. The topological polar surface area (TPSA) is 15.3 Å². The van der Waals surface area contributed by atoms with Crippen LogP contribution in [-0.4, -0.2) is 22.6 Å². The van der Waals surface area contributed by atoms with Crippen LogP contribution in [0.3, 0.4) is 0 Å². The highest BCUT2D eigenvalue weighted by atomic mass is 35.5. The Morgan fingerprint density at radius 1 is 1.22 bits per heavy atom. The average molecular weight is 353 g/mol. The Morgan fingerprint density at radius 2 is 1.78 bits per heavy atom. The predicted molar refractivity (Wildman–Crippen MR) is 96.3 cm³/mol. The monoisotopic (exact) mass is 352 g/mol. The van der Waals surface area contributed by atoms with E-state index in [-0.39, 0.29) is 10.6 Å². The second kappa shape index (κ2) is 5.59. The minimum Gasteiger partial charge on any atom is -0.346 e. The van der Waals surface area contributed by atoms with Crippen LogP contribution in [0.1, 0.15) is 38.5 Å². The summed E-state index contributed by atoms with van der Waals surface area (Å²) in [5.74, 6) is 2.24. The standard InChI is InChI=1S/C18H22ClFN2S/c1-22(17(23)21-14-2-3-16(20)15(19)7-14)18-8-11-4-12(9-18)6-13(5-11)10-18/h2-3,7,11-13H,4-6,8-10H2,1H3,(H,21,23). The van der Waals surface area contributed by atoms with E-state index in [0.717, 1.165) is 28.6 Å². The van der Waals surface area contributed by atoms with Crippen molar-refractivity contribution < 1.29 is 4.39 Å². The van der Waals surface area contributed by atoms with Gasteiger partial charge in [0.2, 0.25) is 0 Å². The highest BCUT2D eigenvalue weighted by Gasteiger charge is 2.53. The van der Waals surface area contributed by atoms with E-state index in [9.17, 15) is 4.39 Å². The van der Waals surface area contributed by atoms with Gasteiger partial charge in [0, 0.05) is 18.3 Å². The molecule has 0 heterocycles. The summed E-state index contributed by atoms with van der Waals surface area (Å²) in [6.45, 7) is 0. The first-order valence-electron chi connectivity index (χ1n) is 8.45. The Kier molecular flexibility index (Phi) is 3.80. The molecule has 4 aliphatic carbocycles. The molecule has 1 N–H and O–H groups in total. The average Bonchev–Trinajstić information content (AvgIpc) is 2.49. The zero-order valence-electron chi connectivity index (χ0n) is 13.3. The number of anilines is 1. The quantitative estimate of drug-likeness (QED) is 0.747. The Morgan fingerprint density at radius 3 is 2.30 bits per heavy atom. The van der Waals surface area contributed by atoms with E-state index in [2.05, 4.69) is 17.3 Å². The number of hydrogen-bond acceptors (Lipinski definition) is 1. The second-order valence-electron chi connectivity index (χ2n) is 7.76. The molecule has 0 unspecified atom stereocenters. The van der Waals surface area contributed by atoms with Crippen LogP contribution >= 0.6 is 23.8 Å². The lowest BCUT2D eigenvalue weighted by Gasteiger charge is -2.60. The van der Waals surface area contributed by atoms with Crippen LogP contribution in [0.4, 0.5) is 10.1 Å². The van der Waals surface area contributed by atoms with E-state index in [4.69, 9.17) is 23.8 Å². The lowest BCUT2D eigenvalue weighted by Crippen LogP contribution is -2.60. The van der Waals surface area contributed by atoms with Gasteiger partial charge in [-0.2, -0.15) is 0 Å². The van der Waals surface area contributed by atoms with Crippen LogP contribution in [-0.2, 0) is 0 Å². The fraction of sp³-hybridized carbons (Fsp3) is 0.611. The summed E-state index contributed by atoms with van der Waals surface area (Å²) in [5, 5.41) is 4.08. The summed E-state index contributed by atoms with van der Waals surface area (Å²) in [5.41, 5.74) is 0.973. The molecule has 5 heteroatoms. The molecule has 5 rings (SSSR count). The summed E-state index contributed by atoms with van der Waals surface area (Å²) < 4.78 is 13.3. The first-order chi connectivity index (χ1) is 10.9. The van der Waals surface area contributed by atoms with Crippen LogP contribution in [0.5, 0.6) is 0 Å². The van der Waals surface area contributed by atoms with Gasteiger partial charge in [-0.05, 0) is 86.7 Å². The van der Waals surface area contributed by atoms with Crippen LogP contribution in [0, 0.1) is 23.6 Å². The van der Waals surface area contributed by atoms with Crippen LogP contribution in [0.15, 0.2) is 18.2 Å². The van der Waals surface area contributed by atoms with Gasteiger partial charge in [-0.1, -0.05) is 11.6 Å². The molecule has 4 saturated carbocycles. The first kappa shape index (κ1) is 15.6. The number of halogens is 2. The van der Waals surface area contributed by atoms with E-state index >= 15 is 0 Å². The Hall–Kier alpha value is -0.870. The second-order valence-corrected chi connectivity index (χ2v) is 8.55. The van der Waals surface area contributed by atoms with E-state index in [1.165, 1.54) is 44.6 Å². The minimum absolute atomic E-state index is 0.121. The summed E-state index contributed by atoms with van der Waals surface area (Å²) in [6.07, 6.45) is 8.05. The Balaban J connectivity index is 1.51. The van der Waals surface area contributed by atoms with Crippen molar-refractivity contribution in [1.82, 2.24) is 4.90 Å². The first-order valence-corrected chi connectivity index (χ1v) is 9.24. The third-order valence-electron chi connectivity index (χ3n) is 6.19. The van der Waals surface area contributed by atoms with Gasteiger partial charge in [0.15, 0.2) is 5.11 Å². The van der Waals surface area contributed by atoms with Crippen molar-refractivity contribution in [3.63, 3.8) is 0 Å². The molecule has 1 aromatic rings. The zero-order chi connectivity index (χ0) is 16.2. The predicted octanol–water partition coefficient (Wildman–Crippen LogP) is 5.08. The molecular weight excluding hydrogens is 331 g/mol. The highest BCUT2D eigenvalue weighted by Crippen LogP contribution is 2.57. The SMILES string of the molecule is CN(C(=S)Nc1ccc(F)c(Cl)c1)C12CC3CC(CC(C3)C1)C2. The minimum atomic E-state index is -0.405. The van der Waals surface area contributed by atoms with Crippen molar-refractivity contribution in [2.45, 2.75) is 44.1 Å². The van der Waals surface area contributed by atoms with Crippen molar-refractivity contribution in [2.75, 3.05) is 12.4 Å². The third kappa shape index (κ3) is 2.74. The molecule has 1 aromatic carbocycles. The molecule has 4 aliphatic rings. The molecule has 0 saturated heterocycles.